The molecule has 8 heteroatoms. The molecule has 1 aromatic carbocycles. The van der Waals surface area contributed by atoms with E-state index in [9.17, 15) is 18.9 Å². The fraction of sp³-hybridized carbons (Fsp3) is 0.400. The molecule has 0 aliphatic carbocycles. The Labute approximate surface area is 137 Å². The van der Waals surface area contributed by atoms with Gasteiger partial charge in [-0.25, -0.2) is 8.78 Å². The number of rotatable bonds is 5. The summed E-state index contributed by atoms with van der Waals surface area (Å²) >= 11 is 1.18. The molecule has 4 nitrogen and oxygen atoms in total. The molecule has 0 unspecified atom stereocenters. The average molecular weight is 341 g/mol. The molecule has 1 heterocycles. The summed E-state index contributed by atoms with van der Waals surface area (Å²) in [5, 5.41) is 20.4. The van der Waals surface area contributed by atoms with E-state index >= 15 is 0 Å². The molecule has 23 heavy (non-hydrogen) atoms. The van der Waals surface area contributed by atoms with Crippen LogP contribution in [0.25, 0.3) is 10.4 Å². The van der Waals surface area contributed by atoms with E-state index in [1.54, 1.807) is 27.7 Å². The second-order valence-corrected chi connectivity index (χ2v) is 7.09. The lowest BCUT2D eigenvalue weighted by Gasteiger charge is -2.38. The van der Waals surface area contributed by atoms with Crippen LogP contribution in [0.4, 0.5) is 8.78 Å². The van der Waals surface area contributed by atoms with Crippen molar-refractivity contribution in [3.63, 3.8) is 0 Å². The number of hydrogen-bond acceptors (Lipinski definition) is 5. The van der Waals surface area contributed by atoms with Crippen LogP contribution in [-0.4, -0.2) is 33.4 Å². The first kappa shape index (κ1) is 18.0. The largest absolute Gasteiger partial charge is 0.512 e. The van der Waals surface area contributed by atoms with Crippen LogP contribution in [0.3, 0.4) is 0 Å². The van der Waals surface area contributed by atoms with Crippen molar-refractivity contribution in [3.05, 3.63) is 35.3 Å². The van der Waals surface area contributed by atoms with Crippen LogP contribution >= 0.6 is 11.3 Å². The first-order chi connectivity index (χ1) is 10.5. The van der Waals surface area contributed by atoms with Gasteiger partial charge in [0.05, 0.1) is 27.2 Å². The average Bonchev–Trinajstić information content (AvgIpc) is 2.89. The highest BCUT2D eigenvalue weighted by atomic mass is 32.1. The van der Waals surface area contributed by atoms with Crippen LogP contribution < -0.4 is 5.59 Å². The molecule has 0 atom stereocenters. The van der Waals surface area contributed by atoms with Gasteiger partial charge in [-0.3, -0.25) is 4.98 Å². The Morgan fingerprint density at radius 2 is 1.83 bits per heavy atom. The highest BCUT2D eigenvalue weighted by Gasteiger charge is 2.40. The maximum Gasteiger partial charge on any atom is 0.512 e. The van der Waals surface area contributed by atoms with Crippen molar-refractivity contribution in [2.45, 2.75) is 38.9 Å². The zero-order chi connectivity index (χ0) is 17.4. The molecule has 2 rings (SSSR count). The second kappa shape index (κ2) is 6.28. The fourth-order valence-corrected chi connectivity index (χ4v) is 2.57. The second-order valence-electron chi connectivity index (χ2n) is 6.24. The van der Waals surface area contributed by atoms with E-state index < -0.39 is 30.0 Å². The summed E-state index contributed by atoms with van der Waals surface area (Å²) in [4.78, 5) is 4.53. The van der Waals surface area contributed by atoms with E-state index in [0.717, 1.165) is 12.1 Å². The van der Waals surface area contributed by atoms with Crippen LogP contribution in [-0.2, 0) is 4.65 Å². The SMILES string of the molecule is CC(C)(O)C(C)(C)OB(O)c1ncsc1-c1ccc(F)c(F)c1. The molecule has 0 aliphatic heterocycles. The third kappa shape index (κ3) is 3.77. The summed E-state index contributed by atoms with van der Waals surface area (Å²) in [5.41, 5.74) is -0.188. The minimum atomic E-state index is -1.41. The van der Waals surface area contributed by atoms with Crippen LogP contribution in [0.5, 0.6) is 0 Å². The molecule has 2 aromatic rings. The van der Waals surface area contributed by atoms with Gasteiger partial charge in [0.2, 0.25) is 0 Å². The van der Waals surface area contributed by atoms with Crippen LogP contribution in [0.2, 0.25) is 0 Å². The van der Waals surface area contributed by atoms with Crippen molar-refractivity contribution >= 4 is 24.0 Å². The molecule has 0 aliphatic rings. The third-order valence-electron chi connectivity index (χ3n) is 3.89. The Morgan fingerprint density at radius 1 is 1.17 bits per heavy atom. The molecule has 124 valence electrons. The summed E-state index contributed by atoms with van der Waals surface area (Å²) in [6, 6.07) is 3.46. The highest BCUT2D eigenvalue weighted by molar-refractivity contribution is 7.14. The zero-order valence-electron chi connectivity index (χ0n) is 13.3. The van der Waals surface area contributed by atoms with Crippen molar-refractivity contribution in [1.82, 2.24) is 4.98 Å². The van der Waals surface area contributed by atoms with Gasteiger partial charge in [-0.2, -0.15) is 0 Å². The molecule has 2 N–H and O–H groups in total. The monoisotopic (exact) mass is 341 g/mol. The molecule has 0 bridgehead atoms. The summed E-state index contributed by atoms with van der Waals surface area (Å²) in [7, 11) is -1.41. The maximum absolute atomic E-state index is 13.4. The Bertz CT molecular complexity index is 700. The van der Waals surface area contributed by atoms with E-state index in [1.165, 1.54) is 22.9 Å². The zero-order valence-corrected chi connectivity index (χ0v) is 14.1. The van der Waals surface area contributed by atoms with E-state index in [0.29, 0.717) is 10.4 Å². The summed E-state index contributed by atoms with van der Waals surface area (Å²) in [6.45, 7) is 6.41. The van der Waals surface area contributed by atoms with Gasteiger partial charge in [0.1, 0.15) is 0 Å². The number of thiazole rings is 1. The number of aliphatic hydroxyl groups is 1. The first-order valence-electron chi connectivity index (χ1n) is 7.00. The van der Waals surface area contributed by atoms with Gasteiger partial charge in [0.25, 0.3) is 0 Å². The summed E-state index contributed by atoms with van der Waals surface area (Å²) in [5.74, 6) is -1.92. The Morgan fingerprint density at radius 3 is 2.39 bits per heavy atom. The molecule has 0 radical (unpaired) electrons. The summed E-state index contributed by atoms with van der Waals surface area (Å²) in [6.07, 6.45) is 0. The number of halogens is 2. The molecule has 0 saturated heterocycles. The van der Waals surface area contributed by atoms with Crippen molar-refractivity contribution in [3.8, 4) is 10.4 Å². The number of benzene rings is 1. The predicted molar refractivity (Wildman–Crippen MR) is 86.5 cm³/mol. The minimum absolute atomic E-state index is 0.193. The lowest BCUT2D eigenvalue weighted by molar-refractivity contribution is -0.0983. The van der Waals surface area contributed by atoms with E-state index in [1.807, 2.05) is 0 Å². The van der Waals surface area contributed by atoms with Crippen LogP contribution in [0.15, 0.2) is 23.7 Å². The lowest BCUT2D eigenvalue weighted by Crippen LogP contribution is -2.53. The molecule has 0 amide bonds. The van der Waals surface area contributed by atoms with Gasteiger partial charge in [-0.15, -0.1) is 11.3 Å². The quantitative estimate of drug-likeness (QED) is 0.820. The van der Waals surface area contributed by atoms with Crippen molar-refractivity contribution in [2.24, 2.45) is 0 Å². The first-order valence-corrected chi connectivity index (χ1v) is 7.88. The standard InChI is InChI=1S/C15H18BF2NO3S/c1-14(2,20)15(3,4)22-16(21)13-12(23-8-19-13)9-5-6-10(17)11(18)7-9/h5-8,20-21H,1-4H3. The Balaban J connectivity index is 2.32. The topological polar surface area (TPSA) is 62.6 Å². The number of nitrogens with zero attached hydrogens (tertiary/aromatic N) is 1. The smallest absolute Gasteiger partial charge is 0.422 e. The number of hydrogen-bond donors (Lipinski definition) is 2. The molecule has 0 fully saturated rings. The Kier molecular flexibility index (Phi) is 4.91. The fourth-order valence-electron chi connectivity index (χ4n) is 1.76. The van der Waals surface area contributed by atoms with Gasteiger partial charge < -0.3 is 14.8 Å². The normalized spacial score (nSPS) is 12.5. The predicted octanol–water partition coefficient (Wildman–Crippen LogP) is 2.34. The molecule has 0 spiro atoms. The van der Waals surface area contributed by atoms with Gasteiger partial charge in [-0.05, 0) is 45.4 Å². The Hall–Kier alpha value is -1.35. The molecule has 0 saturated carbocycles. The van der Waals surface area contributed by atoms with E-state index in [-0.39, 0.29) is 5.59 Å². The number of aromatic nitrogens is 1. The van der Waals surface area contributed by atoms with Crippen molar-refractivity contribution < 1.29 is 23.6 Å². The lowest BCUT2D eigenvalue weighted by atomic mass is 9.79. The van der Waals surface area contributed by atoms with Gasteiger partial charge in [0, 0.05) is 0 Å². The van der Waals surface area contributed by atoms with Crippen LogP contribution in [0.1, 0.15) is 27.7 Å². The third-order valence-corrected chi connectivity index (χ3v) is 4.78. The van der Waals surface area contributed by atoms with Gasteiger partial charge in [-0.1, -0.05) is 6.07 Å². The molecular weight excluding hydrogens is 323 g/mol. The van der Waals surface area contributed by atoms with Gasteiger partial charge >= 0.3 is 7.12 Å². The molecular formula is C15H18BF2NO3S. The molecule has 1 aromatic heterocycles. The maximum atomic E-state index is 13.4. The van der Waals surface area contributed by atoms with Crippen molar-refractivity contribution in [1.29, 1.82) is 0 Å². The van der Waals surface area contributed by atoms with Gasteiger partial charge in [0.15, 0.2) is 11.6 Å². The van der Waals surface area contributed by atoms with Crippen LogP contribution in [0, 0.1) is 11.6 Å². The summed E-state index contributed by atoms with van der Waals surface area (Å²) < 4.78 is 32.0. The van der Waals surface area contributed by atoms with E-state index in [2.05, 4.69) is 4.98 Å². The van der Waals surface area contributed by atoms with Crippen molar-refractivity contribution in [2.75, 3.05) is 0 Å². The van der Waals surface area contributed by atoms with E-state index in [4.69, 9.17) is 4.65 Å². The minimum Gasteiger partial charge on any atom is -0.422 e. The highest BCUT2D eigenvalue weighted by Crippen LogP contribution is 2.28.